The highest BCUT2D eigenvalue weighted by molar-refractivity contribution is 5.85. The Kier molecular flexibility index (Phi) is 5.57. The lowest BCUT2D eigenvalue weighted by molar-refractivity contribution is 0.0636. The molecule has 1 N–H and O–H groups in total. The van der Waals surface area contributed by atoms with Gasteiger partial charge in [-0.25, -0.2) is 4.79 Å². The molecule has 1 aromatic rings. The topological polar surface area (TPSA) is 47.6 Å². The highest BCUT2D eigenvalue weighted by Gasteiger charge is 2.15. The zero-order valence-electron chi connectivity index (χ0n) is 11.9. The van der Waals surface area contributed by atoms with Crippen LogP contribution in [-0.2, 0) is 9.47 Å². The van der Waals surface area contributed by atoms with Crippen LogP contribution in [0.4, 0.5) is 10.5 Å². The van der Waals surface area contributed by atoms with Gasteiger partial charge in [0.15, 0.2) is 0 Å². The summed E-state index contributed by atoms with van der Waals surface area (Å²) in [5.41, 5.74) is 1.19. The van der Waals surface area contributed by atoms with Crippen LogP contribution in [0.25, 0.3) is 6.08 Å². The Morgan fingerprint density at radius 3 is 2.74 bits per heavy atom. The second-order valence-electron chi connectivity index (χ2n) is 5.11. The molecule has 0 heterocycles. The van der Waals surface area contributed by atoms with Crippen LogP contribution < -0.4 is 5.32 Å². The van der Waals surface area contributed by atoms with Crippen LogP contribution in [0.3, 0.4) is 0 Å². The fourth-order valence-corrected chi connectivity index (χ4v) is 1.42. The molecular weight excluding hydrogens is 242 g/mol. The molecule has 4 heteroatoms. The number of rotatable bonds is 4. The van der Waals surface area contributed by atoms with Crippen molar-refractivity contribution in [1.82, 2.24) is 0 Å². The van der Waals surface area contributed by atoms with E-state index in [1.807, 2.05) is 57.2 Å². The zero-order chi connectivity index (χ0) is 14.3. The van der Waals surface area contributed by atoms with Crippen LogP contribution in [0, 0.1) is 0 Å². The van der Waals surface area contributed by atoms with Crippen LogP contribution in [-0.4, -0.2) is 25.4 Å². The number of hydrogen-bond donors (Lipinski definition) is 1. The molecule has 0 fully saturated rings. The predicted molar refractivity (Wildman–Crippen MR) is 77.2 cm³/mol. The molecule has 0 saturated heterocycles. The molecule has 0 aliphatic carbocycles. The summed E-state index contributed by atoms with van der Waals surface area (Å²) in [7, 11) is 1.64. The predicted octanol–water partition coefficient (Wildman–Crippen LogP) is 3.69. The first-order valence-electron chi connectivity index (χ1n) is 6.16. The second kappa shape index (κ2) is 6.95. The monoisotopic (exact) mass is 263 g/mol. The van der Waals surface area contributed by atoms with E-state index in [0.717, 1.165) is 5.56 Å². The number of carbonyl (C=O) groups is 1. The van der Waals surface area contributed by atoms with E-state index >= 15 is 0 Å². The first-order valence-corrected chi connectivity index (χ1v) is 6.16. The molecule has 0 aromatic heterocycles. The van der Waals surface area contributed by atoms with E-state index in [9.17, 15) is 4.79 Å². The van der Waals surface area contributed by atoms with E-state index in [1.54, 1.807) is 7.11 Å². The van der Waals surface area contributed by atoms with Crippen molar-refractivity contribution in [3.63, 3.8) is 0 Å². The maximum Gasteiger partial charge on any atom is 0.412 e. The Morgan fingerprint density at radius 2 is 2.11 bits per heavy atom. The SMILES string of the molecule is COC/C=C/c1cccc(NC(=O)OC(C)(C)C)c1. The quantitative estimate of drug-likeness (QED) is 0.901. The van der Waals surface area contributed by atoms with Crippen molar-refractivity contribution in [2.45, 2.75) is 26.4 Å². The third-order valence-electron chi connectivity index (χ3n) is 2.11. The van der Waals surface area contributed by atoms with Gasteiger partial charge in [0, 0.05) is 12.8 Å². The zero-order valence-corrected chi connectivity index (χ0v) is 11.9. The molecule has 0 bridgehead atoms. The van der Waals surface area contributed by atoms with Crippen molar-refractivity contribution < 1.29 is 14.3 Å². The Morgan fingerprint density at radius 1 is 1.37 bits per heavy atom. The highest BCUT2D eigenvalue weighted by Crippen LogP contribution is 2.14. The molecule has 0 aliphatic rings. The Labute approximate surface area is 114 Å². The minimum Gasteiger partial charge on any atom is -0.444 e. The first-order chi connectivity index (χ1) is 8.90. The molecule has 4 nitrogen and oxygen atoms in total. The van der Waals surface area contributed by atoms with Crippen LogP contribution in [0.5, 0.6) is 0 Å². The van der Waals surface area contributed by atoms with E-state index in [4.69, 9.17) is 9.47 Å². The number of anilines is 1. The fourth-order valence-electron chi connectivity index (χ4n) is 1.42. The number of carbonyl (C=O) groups excluding carboxylic acids is 1. The summed E-state index contributed by atoms with van der Waals surface area (Å²) in [4.78, 5) is 11.6. The lowest BCUT2D eigenvalue weighted by Crippen LogP contribution is -2.27. The van der Waals surface area contributed by atoms with Crippen molar-refractivity contribution in [3.05, 3.63) is 35.9 Å². The smallest absolute Gasteiger partial charge is 0.412 e. The summed E-state index contributed by atoms with van der Waals surface area (Å²) < 4.78 is 10.1. The van der Waals surface area contributed by atoms with E-state index < -0.39 is 11.7 Å². The first kappa shape index (κ1) is 15.2. The summed E-state index contributed by atoms with van der Waals surface area (Å²) in [5.74, 6) is 0. The summed E-state index contributed by atoms with van der Waals surface area (Å²) in [6.07, 6.45) is 3.39. The normalized spacial score (nSPS) is 11.6. The molecule has 0 aliphatic heterocycles. The molecule has 0 unspecified atom stereocenters. The van der Waals surface area contributed by atoms with Gasteiger partial charge in [0.2, 0.25) is 0 Å². The highest BCUT2D eigenvalue weighted by atomic mass is 16.6. The Bertz CT molecular complexity index is 447. The number of ether oxygens (including phenoxy) is 2. The van der Waals surface area contributed by atoms with Crippen LogP contribution >= 0.6 is 0 Å². The summed E-state index contributed by atoms with van der Waals surface area (Å²) in [5, 5.41) is 2.70. The average Bonchev–Trinajstić information content (AvgIpc) is 2.27. The summed E-state index contributed by atoms with van der Waals surface area (Å²) >= 11 is 0. The lowest BCUT2D eigenvalue weighted by atomic mass is 10.2. The van der Waals surface area contributed by atoms with E-state index in [0.29, 0.717) is 12.3 Å². The minimum atomic E-state index is -0.500. The summed E-state index contributed by atoms with van der Waals surface area (Å²) in [6, 6.07) is 7.51. The Hall–Kier alpha value is -1.81. The van der Waals surface area contributed by atoms with Crippen molar-refractivity contribution >= 4 is 17.9 Å². The van der Waals surface area contributed by atoms with E-state index in [1.165, 1.54) is 0 Å². The van der Waals surface area contributed by atoms with Crippen molar-refractivity contribution in [2.24, 2.45) is 0 Å². The van der Waals surface area contributed by atoms with Crippen molar-refractivity contribution in [2.75, 3.05) is 19.0 Å². The van der Waals surface area contributed by atoms with Gasteiger partial charge in [-0.15, -0.1) is 0 Å². The molecule has 0 saturated carbocycles. The van der Waals surface area contributed by atoms with E-state index in [-0.39, 0.29) is 0 Å². The average molecular weight is 263 g/mol. The minimum absolute atomic E-state index is 0.453. The van der Waals surface area contributed by atoms with Crippen LogP contribution in [0.2, 0.25) is 0 Å². The maximum atomic E-state index is 11.6. The van der Waals surface area contributed by atoms with Gasteiger partial charge in [-0.1, -0.05) is 24.3 Å². The van der Waals surface area contributed by atoms with E-state index in [2.05, 4.69) is 5.32 Å². The molecule has 1 amide bonds. The van der Waals surface area contributed by atoms with Crippen molar-refractivity contribution in [3.8, 4) is 0 Å². The molecule has 1 rings (SSSR count). The number of nitrogens with one attached hydrogen (secondary N) is 1. The lowest BCUT2D eigenvalue weighted by Gasteiger charge is -2.19. The van der Waals surface area contributed by atoms with Crippen LogP contribution in [0.15, 0.2) is 30.3 Å². The third-order valence-corrected chi connectivity index (χ3v) is 2.11. The molecule has 0 spiro atoms. The van der Waals surface area contributed by atoms with Gasteiger partial charge < -0.3 is 9.47 Å². The van der Waals surface area contributed by atoms with Gasteiger partial charge in [0.05, 0.1) is 6.61 Å². The second-order valence-corrected chi connectivity index (χ2v) is 5.11. The number of hydrogen-bond acceptors (Lipinski definition) is 3. The van der Waals surface area contributed by atoms with Gasteiger partial charge in [0.1, 0.15) is 5.60 Å². The van der Waals surface area contributed by atoms with Gasteiger partial charge >= 0.3 is 6.09 Å². The van der Waals surface area contributed by atoms with Gasteiger partial charge in [-0.2, -0.15) is 0 Å². The fraction of sp³-hybridized carbons (Fsp3) is 0.400. The largest absolute Gasteiger partial charge is 0.444 e. The molecule has 1 aromatic carbocycles. The van der Waals surface area contributed by atoms with Gasteiger partial charge in [-0.05, 0) is 38.5 Å². The van der Waals surface area contributed by atoms with Crippen LogP contribution in [0.1, 0.15) is 26.3 Å². The van der Waals surface area contributed by atoms with Gasteiger partial charge in [0.25, 0.3) is 0 Å². The summed E-state index contributed by atoms with van der Waals surface area (Å²) in [6.45, 7) is 6.05. The Balaban J connectivity index is 2.64. The number of amides is 1. The number of methoxy groups -OCH3 is 1. The maximum absolute atomic E-state index is 11.6. The molecule has 0 radical (unpaired) electrons. The number of benzene rings is 1. The standard InChI is InChI=1S/C15H21NO3/c1-15(2,3)19-14(17)16-13-9-5-7-12(11-13)8-6-10-18-4/h5-9,11H,10H2,1-4H3,(H,16,17)/b8-6+. The van der Waals surface area contributed by atoms with Gasteiger partial charge in [-0.3, -0.25) is 5.32 Å². The molecule has 0 atom stereocenters. The third kappa shape index (κ3) is 6.62. The molecule has 104 valence electrons. The molecular formula is C15H21NO3. The molecule has 19 heavy (non-hydrogen) atoms. The van der Waals surface area contributed by atoms with Crippen molar-refractivity contribution in [1.29, 1.82) is 0 Å².